The molecule has 1 aliphatic heterocycles. The third-order valence-corrected chi connectivity index (χ3v) is 1.95. The predicted octanol–water partition coefficient (Wildman–Crippen LogP) is 1.59. The van der Waals surface area contributed by atoms with Gasteiger partial charge in [0.25, 0.3) is 0 Å². The van der Waals surface area contributed by atoms with Gasteiger partial charge < -0.3 is 14.8 Å². The van der Waals surface area contributed by atoms with E-state index in [4.69, 9.17) is 21.1 Å². The van der Waals surface area contributed by atoms with Crippen molar-refractivity contribution in [2.45, 2.75) is 0 Å². The number of carbonyl (C=O) groups is 1. The van der Waals surface area contributed by atoms with E-state index in [2.05, 4.69) is 5.32 Å². The largest absolute Gasteiger partial charge is 0.454 e. The molecule has 14 heavy (non-hydrogen) atoms. The molecular weight excluding hydrogens is 206 g/mol. The van der Waals surface area contributed by atoms with Gasteiger partial charge in [0.05, 0.1) is 12.2 Å². The number of carbonyl (C=O) groups excluding carboxylic acids is 1. The van der Waals surface area contributed by atoms with Gasteiger partial charge in [0.15, 0.2) is 11.5 Å². The lowest BCUT2D eigenvalue weighted by atomic mass is 10.2. The van der Waals surface area contributed by atoms with Crippen LogP contribution in [0.1, 0.15) is 0 Å². The average Bonchev–Trinajstić information content (AvgIpc) is 2.62. The van der Waals surface area contributed by atoms with Gasteiger partial charge >= 0.3 is 0 Å². The Morgan fingerprint density at radius 1 is 1.50 bits per heavy atom. The number of ether oxygens (including phenoxy) is 2. The summed E-state index contributed by atoms with van der Waals surface area (Å²) >= 11 is 5.21. The summed E-state index contributed by atoms with van der Waals surface area (Å²) < 4.78 is 10.4. The number of nitrogens with one attached hydrogen (secondary N) is 1. The molecule has 1 heterocycles. The highest BCUT2D eigenvalue weighted by Gasteiger charge is 2.16. The van der Waals surface area contributed by atoms with E-state index >= 15 is 0 Å². The summed E-state index contributed by atoms with van der Waals surface area (Å²) in [5.41, 5.74) is 0.717. The van der Waals surface area contributed by atoms with Crippen molar-refractivity contribution in [1.82, 2.24) is 0 Å². The zero-order chi connectivity index (χ0) is 9.97. The number of hydrogen-bond donors (Lipinski definition) is 1. The molecule has 0 bridgehead atoms. The van der Waals surface area contributed by atoms with E-state index in [9.17, 15) is 4.79 Å². The summed E-state index contributed by atoms with van der Waals surface area (Å²) in [6, 6.07) is 5.41. The van der Waals surface area contributed by atoms with Crippen molar-refractivity contribution >= 4 is 22.5 Å². The normalized spacial score (nSPS) is 12.6. The van der Waals surface area contributed by atoms with E-state index in [1.54, 1.807) is 12.1 Å². The van der Waals surface area contributed by atoms with E-state index in [0.717, 1.165) is 0 Å². The second-order valence-electron chi connectivity index (χ2n) is 2.75. The molecule has 1 N–H and O–H groups in total. The van der Waals surface area contributed by atoms with E-state index in [0.29, 0.717) is 17.2 Å². The van der Waals surface area contributed by atoms with Gasteiger partial charge in [-0.05, 0) is 23.7 Å². The van der Waals surface area contributed by atoms with Crippen molar-refractivity contribution in [1.29, 1.82) is 0 Å². The van der Waals surface area contributed by atoms with Crippen molar-refractivity contribution in [2.75, 3.05) is 18.7 Å². The smallest absolute Gasteiger partial charge is 0.240 e. The Hall–Kier alpha value is -1.42. The second kappa shape index (κ2) is 3.75. The van der Waals surface area contributed by atoms with Gasteiger partial charge in [-0.15, -0.1) is 0 Å². The molecule has 0 saturated heterocycles. The molecule has 0 aliphatic carbocycles. The molecule has 2 rings (SSSR count). The average molecular weight is 214 g/mol. The van der Waals surface area contributed by atoms with Crippen molar-refractivity contribution in [2.24, 2.45) is 0 Å². The van der Waals surface area contributed by atoms with Gasteiger partial charge in [-0.2, -0.15) is 0 Å². The summed E-state index contributed by atoms with van der Waals surface area (Å²) in [4.78, 5) is 10.5. The van der Waals surface area contributed by atoms with Crippen LogP contribution in [0.2, 0.25) is 0 Å². The summed E-state index contributed by atoms with van der Waals surface area (Å²) in [6.45, 7) is 0.282. The summed E-state index contributed by atoms with van der Waals surface area (Å²) in [5.74, 6) is 1.31. The van der Waals surface area contributed by atoms with Crippen LogP contribution in [0, 0.1) is 0 Å². The van der Waals surface area contributed by atoms with Crippen molar-refractivity contribution in [3.05, 3.63) is 18.2 Å². The van der Waals surface area contributed by atoms with Gasteiger partial charge in [-0.1, -0.05) is 6.07 Å². The van der Waals surface area contributed by atoms with Crippen LogP contribution in [0.3, 0.4) is 0 Å². The molecule has 5 heteroatoms. The molecule has 1 aromatic rings. The van der Waals surface area contributed by atoms with Crippen LogP contribution in [0.15, 0.2) is 18.2 Å². The van der Waals surface area contributed by atoms with Crippen LogP contribution in [-0.2, 0) is 4.79 Å². The number of benzene rings is 1. The first-order chi connectivity index (χ1) is 6.77. The fourth-order valence-electron chi connectivity index (χ4n) is 1.23. The molecule has 0 fully saturated rings. The number of rotatable bonds is 3. The molecular formula is C9H8ClNO3. The van der Waals surface area contributed by atoms with Crippen LogP contribution in [0.4, 0.5) is 5.69 Å². The fraction of sp³-hybridized carbons (Fsp3) is 0.222. The fourth-order valence-corrected chi connectivity index (χ4v) is 1.30. The Labute approximate surface area is 85.8 Å². The van der Waals surface area contributed by atoms with E-state index in [1.165, 1.54) is 0 Å². The molecule has 0 amide bonds. The first-order valence-corrected chi connectivity index (χ1v) is 4.46. The molecule has 1 aromatic carbocycles. The minimum Gasteiger partial charge on any atom is -0.454 e. The third-order valence-electron chi connectivity index (χ3n) is 1.81. The molecule has 0 saturated carbocycles. The Balaban J connectivity index is 2.17. The van der Waals surface area contributed by atoms with Gasteiger partial charge in [0, 0.05) is 0 Å². The molecule has 0 radical (unpaired) electrons. The van der Waals surface area contributed by atoms with E-state index in [1.807, 2.05) is 6.07 Å². The molecule has 0 unspecified atom stereocenters. The molecule has 0 atom stereocenters. The SMILES string of the molecule is O=C(Cl)CNc1cccc2c1OCO2. The lowest BCUT2D eigenvalue weighted by Crippen LogP contribution is -2.08. The predicted molar refractivity (Wildman–Crippen MR) is 51.9 cm³/mol. The standard InChI is InChI=1S/C9H8ClNO3/c10-8(12)4-11-6-2-1-3-7-9(6)14-5-13-7/h1-3,11H,4-5H2. The zero-order valence-electron chi connectivity index (χ0n) is 7.25. The molecule has 0 aromatic heterocycles. The Morgan fingerprint density at radius 2 is 2.36 bits per heavy atom. The minimum atomic E-state index is -0.443. The molecule has 74 valence electrons. The number of hydrogen-bond acceptors (Lipinski definition) is 4. The Kier molecular flexibility index (Phi) is 2.45. The molecule has 0 spiro atoms. The van der Waals surface area contributed by atoms with Crippen LogP contribution in [-0.4, -0.2) is 18.6 Å². The molecule has 1 aliphatic rings. The Morgan fingerprint density at radius 3 is 3.14 bits per heavy atom. The number of fused-ring (bicyclic) bond motifs is 1. The van der Waals surface area contributed by atoms with Crippen LogP contribution >= 0.6 is 11.6 Å². The lowest BCUT2D eigenvalue weighted by molar-refractivity contribution is -0.110. The summed E-state index contributed by atoms with van der Waals surface area (Å²) in [5, 5.41) is 2.41. The summed E-state index contributed by atoms with van der Waals surface area (Å²) in [6.07, 6.45) is 0. The highest BCUT2D eigenvalue weighted by Crippen LogP contribution is 2.38. The topological polar surface area (TPSA) is 47.6 Å². The summed E-state index contributed by atoms with van der Waals surface area (Å²) in [7, 11) is 0. The highest BCUT2D eigenvalue weighted by atomic mass is 35.5. The van der Waals surface area contributed by atoms with E-state index in [-0.39, 0.29) is 13.3 Å². The Bertz CT molecular complexity index is 367. The van der Waals surface area contributed by atoms with Crippen molar-refractivity contribution in [3.63, 3.8) is 0 Å². The maximum atomic E-state index is 10.5. The monoisotopic (exact) mass is 213 g/mol. The van der Waals surface area contributed by atoms with Gasteiger partial charge in [-0.3, -0.25) is 4.79 Å². The first kappa shape index (κ1) is 9.15. The zero-order valence-corrected chi connectivity index (χ0v) is 8.00. The van der Waals surface area contributed by atoms with Gasteiger partial charge in [-0.25, -0.2) is 0 Å². The highest BCUT2D eigenvalue weighted by molar-refractivity contribution is 6.64. The first-order valence-electron chi connectivity index (χ1n) is 4.08. The van der Waals surface area contributed by atoms with Crippen LogP contribution in [0.25, 0.3) is 0 Å². The number of anilines is 1. The molecule has 4 nitrogen and oxygen atoms in total. The maximum absolute atomic E-state index is 10.5. The minimum absolute atomic E-state index is 0.0708. The van der Waals surface area contributed by atoms with Crippen molar-refractivity contribution < 1.29 is 14.3 Å². The second-order valence-corrected chi connectivity index (χ2v) is 3.17. The van der Waals surface area contributed by atoms with Crippen LogP contribution < -0.4 is 14.8 Å². The van der Waals surface area contributed by atoms with Gasteiger partial charge in [0.1, 0.15) is 0 Å². The van der Waals surface area contributed by atoms with Gasteiger partial charge in [0.2, 0.25) is 12.0 Å². The van der Waals surface area contributed by atoms with E-state index < -0.39 is 5.24 Å². The number of para-hydroxylation sites is 1. The van der Waals surface area contributed by atoms with Crippen LogP contribution in [0.5, 0.6) is 11.5 Å². The number of halogens is 1. The lowest BCUT2D eigenvalue weighted by Gasteiger charge is -2.06. The van der Waals surface area contributed by atoms with Crippen molar-refractivity contribution in [3.8, 4) is 11.5 Å². The quantitative estimate of drug-likeness (QED) is 0.775. The maximum Gasteiger partial charge on any atom is 0.240 e. The third kappa shape index (κ3) is 1.75.